The Bertz CT molecular complexity index is 687. The molecule has 0 spiro atoms. The molecule has 0 nitrogen and oxygen atoms in total. The van der Waals surface area contributed by atoms with Crippen LogP contribution < -0.4 is 0 Å². The van der Waals surface area contributed by atoms with Gasteiger partial charge in [-0.1, -0.05) is 60.7 Å². The van der Waals surface area contributed by atoms with E-state index in [2.05, 4.69) is 30.3 Å². The van der Waals surface area contributed by atoms with Crippen molar-refractivity contribution in [2.75, 3.05) is 0 Å². The molecule has 0 aliphatic heterocycles. The first-order valence-corrected chi connectivity index (χ1v) is 6.16. The highest BCUT2D eigenvalue weighted by atomic mass is 19.1. The van der Waals surface area contributed by atoms with Crippen molar-refractivity contribution in [1.29, 1.82) is 0 Å². The van der Waals surface area contributed by atoms with Gasteiger partial charge in [0.2, 0.25) is 0 Å². The van der Waals surface area contributed by atoms with Crippen LogP contribution in [0.3, 0.4) is 0 Å². The molecule has 0 saturated carbocycles. The van der Waals surface area contributed by atoms with Gasteiger partial charge in [0.05, 0.1) is 0 Å². The third kappa shape index (κ3) is 2.55. The van der Waals surface area contributed by atoms with Crippen LogP contribution in [0.15, 0.2) is 72.8 Å². The fourth-order valence-corrected chi connectivity index (χ4v) is 2.13. The molecule has 0 fully saturated rings. The molecule has 0 N–H and O–H groups in total. The summed E-state index contributed by atoms with van der Waals surface area (Å²) < 4.78 is 13.2. The second-order valence-electron chi connectivity index (χ2n) is 4.37. The molecule has 0 unspecified atom stereocenters. The lowest BCUT2D eigenvalue weighted by Gasteiger charge is -2.06. The zero-order valence-electron chi connectivity index (χ0n) is 10.3. The van der Waals surface area contributed by atoms with E-state index in [4.69, 9.17) is 0 Å². The van der Waals surface area contributed by atoms with Gasteiger partial charge in [-0.25, -0.2) is 4.39 Å². The van der Waals surface area contributed by atoms with Crippen molar-refractivity contribution in [2.45, 2.75) is 0 Å². The van der Waals surface area contributed by atoms with E-state index in [9.17, 15) is 4.39 Å². The monoisotopic (exact) mass is 247 g/mol. The Hall–Kier alpha value is -2.41. The Balaban J connectivity index is 2.06. The Morgan fingerprint density at radius 1 is 0.632 bits per heavy atom. The van der Waals surface area contributed by atoms with Crippen LogP contribution in [0.25, 0.3) is 22.3 Å². The van der Waals surface area contributed by atoms with Crippen LogP contribution in [0.4, 0.5) is 4.39 Å². The van der Waals surface area contributed by atoms with Gasteiger partial charge in [0.15, 0.2) is 0 Å². The maximum Gasteiger partial charge on any atom is 0.131 e. The number of hydrogen-bond donors (Lipinski definition) is 0. The number of halogens is 1. The largest absolute Gasteiger partial charge is 0.206 e. The Morgan fingerprint density at radius 3 is 2.00 bits per heavy atom. The summed E-state index contributed by atoms with van der Waals surface area (Å²) in [7, 11) is 0. The maximum absolute atomic E-state index is 13.2. The predicted octanol–water partition coefficient (Wildman–Crippen LogP) is 4.96. The predicted molar refractivity (Wildman–Crippen MR) is 76.1 cm³/mol. The minimum Gasteiger partial charge on any atom is -0.206 e. The van der Waals surface area contributed by atoms with Crippen LogP contribution >= 0.6 is 0 Å². The first kappa shape index (κ1) is 11.7. The van der Waals surface area contributed by atoms with Crippen LogP contribution in [0, 0.1) is 11.9 Å². The van der Waals surface area contributed by atoms with Crippen LogP contribution in [-0.4, -0.2) is 0 Å². The minimum absolute atomic E-state index is 0.331. The quantitative estimate of drug-likeness (QED) is 0.600. The molecule has 0 atom stereocenters. The molecule has 1 heteroatoms. The Morgan fingerprint density at radius 2 is 1.26 bits per heavy atom. The SMILES string of the molecule is Fc1[c]ccc(-c2cccc(-c3ccccc3)c2)c1. The van der Waals surface area contributed by atoms with Crippen LogP contribution in [-0.2, 0) is 0 Å². The summed E-state index contributed by atoms with van der Waals surface area (Å²) in [5.74, 6) is -0.331. The lowest BCUT2D eigenvalue weighted by atomic mass is 9.99. The molecule has 0 bridgehead atoms. The summed E-state index contributed by atoms with van der Waals surface area (Å²) in [5, 5.41) is 0. The first-order chi connectivity index (χ1) is 9.33. The van der Waals surface area contributed by atoms with Crippen molar-refractivity contribution in [3.8, 4) is 22.3 Å². The van der Waals surface area contributed by atoms with Crippen molar-refractivity contribution in [1.82, 2.24) is 0 Å². The molecule has 0 heterocycles. The average Bonchev–Trinajstić information content (AvgIpc) is 2.48. The van der Waals surface area contributed by atoms with Crippen molar-refractivity contribution in [3.63, 3.8) is 0 Å². The summed E-state index contributed by atoms with van der Waals surface area (Å²) in [6.45, 7) is 0. The second-order valence-corrected chi connectivity index (χ2v) is 4.37. The van der Waals surface area contributed by atoms with E-state index in [1.807, 2.05) is 36.4 Å². The van der Waals surface area contributed by atoms with E-state index in [1.165, 1.54) is 6.07 Å². The highest BCUT2D eigenvalue weighted by Crippen LogP contribution is 2.26. The molecule has 3 rings (SSSR count). The number of rotatable bonds is 2. The molecule has 0 amide bonds. The van der Waals surface area contributed by atoms with Gasteiger partial charge in [-0.15, -0.1) is 0 Å². The Kier molecular flexibility index (Phi) is 3.11. The molecule has 3 aromatic carbocycles. The average molecular weight is 247 g/mol. The topological polar surface area (TPSA) is 0 Å². The maximum atomic E-state index is 13.2. The Labute approximate surface area is 112 Å². The molecule has 19 heavy (non-hydrogen) atoms. The van der Waals surface area contributed by atoms with E-state index in [-0.39, 0.29) is 5.82 Å². The molecular formula is C18H12F. The van der Waals surface area contributed by atoms with Gasteiger partial charge >= 0.3 is 0 Å². The third-order valence-electron chi connectivity index (χ3n) is 3.07. The summed E-state index contributed by atoms with van der Waals surface area (Å²) in [6, 6.07) is 25.8. The standard InChI is InChI=1S/C18H12F/c19-18-11-5-10-17(13-18)16-9-4-8-15(12-16)14-6-2-1-3-7-14/h1-10,12-13H. The van der Waals surface area contributed by atoms with Gasteiger partial charge in [0.1, 0.15) is 5.82 Å². The van der Waals surface area contributed by atoms with E-state index < -0.39 is 0 Å². The fourth-order valence-electron chi connectivity index (χ4n) is 2.13. The number of hydrogen-bond acceptors (Lipinski definition) is 0. The smallest absolute Gasteiger partial charge is 0.131 e. The van der Waals surface area contributed by atoms with Gasteiger partial charge < -0.3 is 0 Å². The minimum atomic E-state index is -0.331. The third-order valence-corrected chi connectivity index (χ3v) is 3.07. The summed E-state index contributed by atoms with van der Waals surface area (Å²) in [5.41, 5.74) is 4.17. The van der Waals surface area contributed by atoms with Crippen molar-refractivity contribution in [3.05, 3.63) is 84.7 Å². The number of benzene rings is 3. The fraction of sp³-hybridized carbons (Fsp3) is 0. The van der Waals surface area contributed by atoms with E-state index in [0.29, 0.717) is 0 Å². The van der Waals surface area contributed by atoms with Gasteiger partial charge in [0.25, 0.3) is 0 Å². The first-order valence-electron chi connectivity index (χ1n) is 6.16. The normalized spacial score (nSPS) is 10.4. The highest BCUT2D eigenvalue weighted by Gasteiger charge is 2.02. The van der Waals surface area contributed by atoms with Gasteiger partial charge in [-0.05, 0) is 34.4 Å². The van der Waals surface area contributed by atoms with Crippen molar-refractivity contribution < 1.29 is 4.39 Å². The summed E-state index contributed by atoms with van der Waals surface area (Å²) in [6.07, 6.45) is 0. The lowest BCUT2D eigenvalue weighted by molar-refractivity contribution is 0.626. The molecule has 0 aromatic heterocycles. The zero-order valence-corrected chi connectivity index (χ0v) is 10.3. The lowest BCUT2D eigenvalue weighted by Crippen LogP contribution is -1.82. The highest BCUT2D eigenvalue weighted by molar-refractivity contribution is 5.72. The van der Waals surface area contributed by atoms with Crippen molar-refractivity contribution in [2.24, 2.45) is 0 Å². The summed E-state index contributed by atoms with van der Waals surface area (Å²) in [4.78, 5) is 0. The van der Waals surface area contributed by atoms with E-state index >= 15 is 0 Å². The van der Waals surface area contributed by atoms with Crippen LogP contribution in [0.5, 0.6) is 0 Å². The second kappa shape index (κ2) is 5.07. The van der Waals surface area contributed by atoms with Crippen LogP contribution in [0.1, 0.15) is 0 Å². The van der Waals surface area contributed by atoms with Gasteiger partial charge in [-0.3, -0.25) is 0 Å². The van der Waals surface area contributed by atoms with E-state index in [1.54, 1.807) is 6.07 Å². The zero-order chi connectivity index (χ0) is 13.1. The summed E-state index contributed by atoms with van der Waals surface area (Å²) >= 11 is 0. The molecule has 91 valence electrons. The van der Waals surface area contributed by atoms with Crippen molar-refractivity contribution >= 4 is 0 Å². The molecule has 1 radical (unpaired) electrons. The van der Waals surface area contributed by atoms with Crippen LogP contribution in [0.2, 0.25) is 0 Å². The molecular weight excluding hydrogens is 235 g/mol. The molecule has 0 saturated heterocycles. The molecule has 3 aromatic rings. The van der Waals surface area contributed by atoms with E-state index in [0.717, 1.165) is 22.3 Å². The molecule has 0 aliphatic rings. The molecule has 0 aliphatic carbocycles. The van der Waals surface area contributed by atoms with Gasteiger partial charge in [-0.2, -0.15) is 0 Å². The van der Waals surface area contributed by atoms with Gasteiger partial charge in [0, 0.05) is 6.07 Å².